The van der Waals surface area contributed by atoms with Gasteiger partial charge in [-0.2, -0.15) is 0 Å². The van der Waals surface area contributed by atoms with E-state index in [-0.39, 0.29) is 6.10 Å². The molecule has 0 aromatic heterocycles. The van der Waals surface area contributed by atoms with Crippen molar-refractivity contribution in [3.05, 3.63) is 23.8 Å². The Morgan fingerprint density at radius 2 is 2.25 bits per heavy atom. The Hall–Kier alpha value is -0.910. The van der Waals surface area contributed by atoms with Crippen molar-refractivity contribution in [2.75, 3.05) is 31.2 Å². The van der Waals surface area contributed by atoms with Gasteiger partial charge in [-0.25, -0.2) is 0 Å². The van der Waals surface area contributed by atoms with E-state index in [1.54, 1.807) is 0 Å². The highest BCUT2D eigenvalue weighted by molar-refractivity contribution is 7.85. The maximum atomic E-state index is 12.5. The third-order valence-corrected chi connectivity index (χ3v) is 5.17. The first-order valence-corrected chi connectivity index (χ1v) is 8.39. The minimum absolute atomic E-state index is 0.0203. The van der Waals surface area contributed by atoms with E-state index in [0.29, 0.717) is 24.1 Å². The first-order chi connectivity index (χ1) is 9.47. The number of ether oxygens (including phenoxy) is 1. The van der Waals surface area contributed by atoms with Crippen molar-refractivity contribution in [3.63, 3.8) is 0 Å². The largest absolute Gasteiger partial charge is 0.398 e. The standard InChI is InChI=1S/C15H24N2O2S/c1-11(2)17-6-7-19-13(9-17)10-20(18)15-8-12(3)4-5-14(15)16/h4-5,8,11,13H,6-7,9-10,16H2,1-3H3. The lowest BCUT2D eigenvalue weighted by molar-refractivity contribution is -0.0268. The van der Waals surface area contributed by atoms with Gasteiger partial charge in [-0.15, -0.1) is 0 Å². The highest BCUT2D eigenvalue weighted by Crippen LogP contribution is 2.20. The average Bonchev–Trinajstić information content (AvgIpc) is 2.41. The SMILES string of the molecule is Cc1ccc(N)c(S(=O)CC2CN(C(C)C)CCO2)c1. The number of benzene rings is 1. The number of nitrogens with zero attached hydrogens (tertiary/aromatic N) is 1. The molecule has 1 fully saturated rings. The third kappa shape index (κ3) is 3.81. The predicted molar refractivity (Wildman–Crippen MR) is 83.3 cm³/mol. The van der Waals surface area contributed by atoms with Crippen molar-refractivity contribution >= 4 is 16.5 Å². The smallest absolute Gasteiger partial charge is 0.0821 e. The van der Waals surface area contributed by atoms with Gasteiger partial charge in [-0.3, -0.25) is 9.11 Å². The minimum Gasteiger partial charge on any atom is -0.398 e. The molecule has 0 spiro atoms. The normalized spacial score (nSPS) is 22.1. The number of nitrogen functional groups attached to an aromatic ring is 1. The van der Waals surface area contributed by atoms with E-state index in [1.165, 1.54) is 0 Å². The summed E-state index contributed by atoms with van der Waals surface area (Å²) < 4.78 is 18.2. The van der Waals surface area contributed by atoms with Crippen LogP contribution in [-0.4, -0.2) is 46.7 Å². The van der Waals surface area contributed by atoms with Crippen LogP contribution in [-0.2, 0) is 15.5 Å². The summed E-state index contributed by atoms with van der Waals surface area (Å²) in [5.41, 5.74) is 7.61. The highest BCUT2D eigenvalue weighted by Gasteiger charge is 2.24. The second-order valence-electron chi connectivity index (χ2n) is 5.63. The van der Waals surface area contributed by atoms with E-state index in [0.717, 1.165) is 23.5 Å². The van der Waals surface area contributed by atoms with Gasteiger partial charge in [0.2, 0.25) is 0 Å². The number of hydrogen-bond acceptors (Lipinski definition) is 4. The predicted octanol–water partition coefficient (Wildman–Crippen LogP) is 1.79. The Labute approximate surface area is 123 Å². The van der Waals surface area contributed by atoms with E-state index in [2.05, 4.69) is 18.7 Å². The second-order valence-corrected chi connectivity index (χ2v) is 7.10. The van der Waals surface area contributed by atoms with Crippen LogP contribution in [0.15, 0.2) is 23.1 Å². The molecule has 0 amide bonds. The summed E-state index contributed by atoms with van der Waals surface area (Å²) in [6, 6.07) is 6.17. The van der Waals surface area contributed by atoms with E-state index in [4.69, 9.17) is 10.5 Å². The molecule has 4 nitrogen and oxygen atoms in total. The summed E-state index contributed by atoms with van der Waals surface area (Å²) in [4.78, 5) is 3.10. The van der Waals surface area contributed by atoms with Crippen LogP contribution >= 0.6 is 0 Å². The molecule has 0 radical (unpaired) electrons. The molecule has 0 bridgehead atoms. The summed E-state index contributed by atoms with van der Waals surface area (Å²) in [6.07, 6.45) is 0.0203. The molecule has 1 aromatic carbocycles. The highest BCUT2D eigenvalue weighted by atomic mass is 32.2. The number of morpholine rings is 1. The topological polar surface area (TPSA) is 55.6 Å². The Morgan fingerprint density at radius 1 is 1.50 bits per heavy atom. The Bertz CT molecular complexity index is 491. The zero-order valence-electron chi connectivity index (χ0n) is 12.5. The fourth-order valence-electron chi connectivity index (χ4n) is 2.41. The number of hydrogen-bond donors (Lipinski definition) is 1. The molecule has 2 rings (SSSR count). The number of rotatable bonds is 4. The van der Waals surface area contributed by atoms with Gasteiger partial charge in [0.25, 0.3) is 0 Å². The van der Waals surface area contributed by atoms with Crippen LogP contribution < -0.4 is 5.73 Å². The summed E-state index contributed by atoms with van der Waals surface area (Å²) in [5.74, 6) is 0.511. The summed E-state index contributed by atoms with van der Waals surface area (Å²) >= 11 is 0. The third-order valence-electron chi connectivity index (χ3n) is 3.65. The molecule has 112 valence electrons. The molecule has 1 aliphatic rings. The van der Waals surface area contributed by atoms with Gasteiger partial charge in [0, 0.05) is 24.8 Å². The molecule has 1 aliphatic heterocycles. The van der Waals surface area contributed by atoms with Crippen molar-refractivity contribution in [3.8, 4) is 0 Å². The van der Waals surface area contributed by atoms with E-state index in [9.17, 15) is 4.21 Å². The summed E-state index contributed by atoms with van der Waals surface area (Å²) in [6.45, 7) is 8.85. The Kier molecular flexibility index (Phi) is 5.18. The maximum Gasteiger partial charge on any atom is 0.0821 e. The lowest BCUT2D eigenvalue weighted by Gasteiger charge is -2.35. The van der Waals surface area contributed by atoms with E-state index >= 15 is 0 Å². The van der Waals surface area contributed by atoms with Gasteiger partial charge in [0.15, 0.2) is 0 Å². The average molecular weight is 296 g/mol. The number of nitrogens with two attached hydrogens (primary N) is 1. The molecular weight excluding hydrogens is 272 g/mol. The van der Waals surface area contributed by atoms with Crippen molar-refractivity contribution in [1.82, 2.24) is 4.90 Å². The van der Waals surface area contributed by atoms with E-state index < -0.39 is 10.8 Å². The molecule has 20 heavy (non-hydrogen) atoms. The van der Waals surface area contributed by atoms with Crippen LogP contribution in [0.2, 0.25) is 0 Å². The summed E-state index contributed by atoms with van der Waals surface area (Å²) in [5, 5.41) is 0. The molecular formula is C15H24N2O2S. The molecule has 1 heterocycles. The second kappa shape index (κ2) is 6.70. The van der Waals surface area contributed by atoms with Crippen molar-refractivity contribution in [2.24, 2.45) is 0 Å². The van der Waals surface area contributed by atoms with Gasteiger partial charge in [-0.05, 0) is 38.5 Å². The van der Waals surface area contributed by atoms with Crippen LogP contribution in [0, 0.1) is 6.92 Å². The van der Waals surface area contributed by atoms with Crippen molar-refractivity contribution in [1.29, 1.82) is 0 Å². The molecule has 2 unspecified atom stereocenters. The molecule has 0 saturated carbocycles. The van der Waals surface area contributed by atoms with Gasteiger partial charge in [0.05, 0.1) is 34.2 Å². The zero-order valence-corrected chi connectivity index (χ0v) is 13.3. The molecule has 1 saturated heterocycles. The van der Waals surface area contributed by atoms with Gasteiger partial charge in [-0.1, -0.05) is 6.07 Å². The zero-order chi connectivity index (χ0) is 14.7. The minimum atomic E-state index is -1.11. The number of anilines is 1. The van der Waals surface area contributed by atoms with Gasteiger partial charge < -0.3 is 10.5 Å². The molecule has 2 N–H and O–H groups in total. The monoisotopic (exact) mass is 296 g/mol. The molecule has 2 atom stereocenters. The number of aryl methyl sites for hydroxylation is 1. The first kappa shape index (κ1) is 15.5. The Balaban J connectivity index is 2.02. The maximum absolute atomic E-state index is 12.5. The lowest BCUT2D eigenvalue weighted by atomic mass is 10.2. The van der Waals surface area contributed by atoms with Gasteiger partial charge in [0.1, 0.15) is 0 Å². The molecule has 5 heteroatoms. The molecule has 0 aliphatic carbocycles. The lowest BCUT2D eigenvalue weighted by Crippen LogP contribution is -2.47. The quantitative estimate of drug-likeness (QED) is 0.861. The van der Waals surface area contributed by atoms with Crippen LogP contribution in [0.3, 0.4) is 0 Å². The summed E-state index contributed by atoms with van der Waals surface area (Å²) in [7, 11) is -1.11. The van der Waals surface area contributed by atoms with Crippen LogP contribution in [0.25, 0.3) is 0 Å². The van der Waals surface area contributed by atoms with Crippen molar-refractivity contribution < 1.29 is 8.95 Å². The van der Waals surface area contributed by atoms with Crippen LogP contribution in [0.4, 0.5) is 5.69 Å². The van der Waals surface area contributed by atoms with Crippen molar-refractivity contribution in [2.45, 2.75) is 37.8 Å². The first-order valence-electron chi connectivity index (χ1n) is 7.07. The fourth-order valence-corrected chi connectivity index (χ4v) is 3.78. The van der Waals surface area contributed by atoms with Gasteiger partial charge >= 0.3 is 0 Å². The fraction of sp³-hybridized carbons (Fsp3) is 0.600. The molecule has 1 aromatic rings. The van der Waals surface area contributed by atoms with Crippen LogP contribution in [0.1, 0.15) is 19.4 Å². The van der Waals surface area contributed by atoms with E-state index in [1.807, 2.05) is 25.1 Å². The Morgan fingerprint density at radius 3 is 2.95 bits per heavy atom. The van der Waals surface area contributed by atoms with Crippen LogP contribution in [0.5, 0.6) is 0 Å².